The lowest BCUT2D eigenvalue weighted by atomic mass is 9.89. The summed E-state index contributed by atoms with van der Waals surface area (Å²) in [5, 5.41) is 3.11. The molecule has 0 aliphatic carbocycles. The van der Waals surface area contributed by atoms with E-state index < -0.39 is 0 Å². The predicted octanol–water partition coefficient (Wildman–Crippen LogP) is 12.2. The van der Waals surface area contributed by atoms with Crippen molar-refractivity contribution in [1.29, 1.82) is 0 Å². The van der Waals surface area contributed by atoms with Gasteiger partial charge in [0.15, 0.2) is 5.58 Å². The topological polar surface area (TPSA) is 31.0 Å². The van der Waals surface area contributed by atoms with Crippen LogP contribution in [-0.4, -0.2) is 9.55 Å². The fraction of sp³-hybridized carbons (Fsp3) is 0. The van der Waals surface area contributed by atoms with E-state index in [0.717, 1.165) is 27.9 Å². The standard InChI is InChI=1S/C43H27ClN2O/c44-31-23-24-39-42(27-31)47-43(45-39)29-20-18-28(19-21-29)33-12-4-6-14-35(33)36-15-7-5-13-34(36)30-22-25-41-38(26-30)37-16-8-9-17-40(37)46(41)32-10-2-1-3-11-32/h1-27H. The van der Waals surface area contributed by atoms with E-state index in [1.165, 1.54) is 44.1 Å². The summed E-state index contributed by atoms with van der Waals surface area (Å²) < 4.78 is 8.38. The molecular weight excluding hydrogens is 596 g/mol. The van der Waals surface area contributed by atoms with E-state index in [9.17, 15) is 0 Å². The molecule has 0 bridgehead atoms. The van der Waals surface area contributed by atoms with E-state index in [1.54, 1.807) is 6.07 Å². The van der Waals surface area contributed by atoms with Crippen molar-refractivity contribution in [3.05, 3.63) is 169 Å². The summed E-state index contributed by atoms with van der Waals surface area (Å²) in [6.07, 6.45) is 0. The van der Waals surface area contributed by atoms with Crippen LogP contribution < -0.4 is 0 Å². The first-order valence-corrected chi connectivity index (χ1v) is 16.0. The molecule has 0 saturated carbocycles. The van der Waals surface area contributed by atoms with Crippen molar-refractivity contribution in [1.82, 2.24) is 9.55 Å². The third-order valence-electron chi connectivity index (χ3n) is 8.94. The fourth-order valence-electron chi connectivity index (χ4n) is 6.75. The molecule has 4 heteroatoms. The van der Waals surface area contributed by atoms with Gasteiger partial charge >= 0.3 is 0 Å². The highest BCUT2D eigenvalue weighted by Crippen LogP contribution is 2.41. The summed E-state index contributed by atoms with van der Waals surface area (Å²) in [7, 11) is 0. The van der Waals surface area contributed by atoms with E-state index in [2.05, 4.69) is 155 Å². The molecule has 0 fully saturated rings. The molecule has 2 aromatic heterocycles. The van der Waals surface area contributed by atoms with Crippen LogP contribution in [0.5, 0.6) is 0 Å². The van der Waals surface area contributed by atoms with Gasteiger partial charge in [0.05, 0.1) is 11.0 Å². The lowest BCUT2D eigenvalue weighted by molar-refractivity contribution is 0.620. The smallest absolute Gasteiger partial charge is 0.227 e. The summed E-state index contributed by atoms with van der Waals surface area (Å²) in [5.74, 6) is 0.580. The molecule has 2 heterocycles. The van der Waals surface area contributed by atoms with Crippen molar-refractivity contribution in [2.24, 2.45) is 0 Å². The average Bonchev–Trinajstić information content (AvgIpc) is 3.71. The van der Waals surface area contributed by atoms with Crippen LogP contribution in [0, 0.1) is 0 Å². The minimum Gasteiger partial charge on any atom is -0.436 e. The Hall–Kier alpha value is -5.90. The van der Waals surface area contributed by atoms with Gasteiger partial charge in [-0.05, 0) is 88.0 Å². The van der Waals surface area contributed by atoms with Crippen LogP contribution in [0.1, 0.15) is 0 Å². The second-order valence-electron chi connectivity index (χ2n) is 11.7. The molecular formula is C43H27ClN2O. The number of nitrogens with zero attached hydrogens (tertiary/aromatic N) is 2. The molecule has 0 N–H and O–H groups in total. The predicted molar refractivity (Wildman–Crippen MR) is 195 cm³/mol. The molecule has 0 unspecified atom stereocenters. The van der Waals surface area contributed by atoms with E-state index in [1.807, 2.05) is 12.1 Å². The Labute approximate surface area is 276 Å². The third kappa shape index (κ3) is 4.72. The number of hydrogen-bond acceptors (Lipinski definition) is 2. The molecule has 9 rings (SSSR count). The average molecular weight is 623 g/mol. The molecule has 9 aromatic rings. The zero-order chi connectivity index (χ0) is 31.3. The van der Waals surface area contributed by atoms with Crippen molar-refractivity contribution in [2.75, 3.05) is 0 Å². The van der Waals surface area contributed by atoms with Crippen molar-refractivity contribution in [3.63, 3.8) is 0 Å². The van der Waals surface area contributed by atoms with E-state index in [4.69, 9.17) is 16.0 Å². The summed E-state index contributed by atoms with van der Waals surface area (Å²) in [5.41, 5.74) is 13.0. The normalized spacial score (nSPS) is 11.5. The second-order valence-corrected chi connectivity index (χ2v) is 12.2. The summed E-state index contributed by atoms with van der Waals surface area (Å²) in [4.78, 5) is 4.67. The number of benzene rings is 7. The number of para-hydroxylation sites is 2. The highest BCUT2D eigenvalue weighted by molar-refractivity contribution is 6.31. The number of fused-ring (bicyclic) bond motifs is 4. The minimum absolute atomic E-state index is 0.580. The quantitative estimate of drug-likeness (QED) is 0.191. The van der Waals surface area contributed by atoms with Gasteiger partial charge in [-0.3, -0.25) is 0 Å². The molecule has 0 spiro atoms. The monoisotopic (exact) mass is 622 g/mol. The highest BCUT2D eigenvalue weighted by Gasteiger charge is 2.17. The van der Waals surface area contributed by atoms with E-state index in [-0.39, 0.29) is 0 Å². The van der Waals surface area contributed by atoms with Gasteiger partial charge in [0, 0.05) is 33.1 Å². The number of oxazole rings is 1. The van der Waals surface area contributed by atoms with Crippen LogP contribution in [0.3, 0.4) is 0 Å². The molecule has 222 valence electrons. The molecule has 47 heavy (non-hydrogen) atoms. The Bertz CT molecular complexity index is 2580. The first-order valence-electron chi connectivity index (χ1n) is 15.7. The molecule has 0 aliphatic rings. The largest absolute Gasteiger partial charge is 0.436 e. The van der Waals surface area contributed by atoms with Crippen LogP contribution in [0.2, 0.25) is 5.02 Å². The maximum atomic E-state index is 6.16. The van der Waals surface area contributed by atoms with Crippen molar-refractivity contribution >= 4 is 44.5 Å². The number of hydrogen-bond donors (Lipinski definition) is 0. The molecule has 0 aliphatic heterocycles. The number of rotatable bonds is 5. The molecule has 3 nitrogen and oxygen atoms in total. The maximum absolute atomic E-state index is 6.16. The van der Waals surface area contributed by atoms with Gasteiger partial charge in [0.25, 0.3) is 0 Å². The zero-order valence-corrected chi connectivity index (χ0v) is 26.0. The van der Waals surface area contributed by atoms with Gasteiger partial charge in [-0.25, -0.2) is 4.98 Å². The van der Waals surface area contributed by atoms with Crippen LogP contribution >= 0.6 is 11.6 Å². The fourth-order valence-corrected chi connectivity index (χ4v) is 6.91. The third-order valence-corrected chi connectivity index (χ3v) is 9.17. The van der Waals surface area contributed by atoms with Gasteiger partial charge in [-0.1, -0.05) is 115 Å². The highest BCUT2D eigenvalue weighted by atomic mass is 35.5. The molecule has 0 amide bonds. The van der Waals surface area contributed by atoms with Crippen molar-refractivity contribution < 1.29 is 4.42 Å². The van der Waals surface area contributed by atoms with Crippen LogP contribution in [0.4, 0.5) is 0 Å². The van der Waals surface area contributed by atoms with Gasteiger partial charge in [0.1, 0.15) is 5.52 Å². The Balaban J connectivity index is 1.14. The Morgan fingerprint density at radius 1 is 0.468 bits per heavy atom. The zero-order valence-electron chi connectivity index (χ0n) is 25.3. The minimum atomic E-state index is 0.580. The SMILES string of the molecule is Clc1ccc2nc(-c3ccc(-c4ccccc4-c4ccccc4-c4ccc5c(c4)c4ccccc4n5-c4ccccc4)cc3)oc2c1. The van der Waals surface area contributed by atoms with Crippen LogP contribution in [0.15, 0.2) is 168 Å². The Morgan fingerprint density at radius 3 is 1.83 bits per heavy atom. The van der Waals surface area contributed by atoms with Crippen molar-refractivity contribution in [2.45, 2.75) is 0 Å². The lowest BCUT2D eigenvalue weighted by Gasteiger charge is -2.15. The molecule has 7 aromatic carbocycles. The molecule has 0 atom stereocenters. The van der Waals surface area contributed by atoms with E-state index in [0.29, 0.717) is 16.5 Å². The van der Waals surface area contributed by atoms with Gasteiger partial charge in [0.2, 0.25) is 5.89 Å². The van der Waals surface area contributed by atoms with Gasteiger partial charge in [-0.2, -0.15) is 0 Å². The Kier molecular flexibility index (Phi) is 6.51. The van der Waals surface area contributed by atoms with Gasteiger partial charge in [-0.15, -0.1) is 0 Å². The van der Waals surface area contributed by atoms with Crippen LogP contribution in [-0.2, 0) is 0 Å². The number of aromatic nitrogens is 2. The molecule has 0 radical (unpaired) electrons. The maximum Gasteiger partial charge on any atom is 0.227 e. The summed E-state index contributed by atoms with van der Waals surface area (Å²) in [6.45, 7) is 0. The first kappa shape index (κ1) is 27.4. The summed E-state index contributed by atoms with van der Waals surface area (Å²) in [6, 6.07) is 57.4. The van der Waals surface area contributed by atoms with Gasteiger partial charge < -0.3 is 8.98 Å². The van der Waals surface area contributed by atoms with Crippen LogP contribution in [0.25, 0.3) is 83.4 Å². The Morgan fingerprint density at radius 2 is 1.06 bits per heavy atom. The van der Waals surface area contributed by atoms with E-state index >= 15 is 0 Å². The second kappa shape index (κ2) is 11.2. The summed E-state index contributed by atoms with van der Waals surface area (Å²) >= 11 is 6.16. The molecule has 0 saturated heterocycles. The first-order chi connectivity index (χ1) is 23.2. The van der Waals surface area contributed by atoms with Crippen molar-refractivity contribution in [3.8, 4) is 50.5 Å². The number of halogens is 1. The lowest BCUT2D eigenvalue weighted by Crippen LogP contribution is -1.93.